The van der Waals surface area contributed by atoms with Gasteiger partial charge < -0.3 is 20.3 Å². The van der Waals surface area contributed by atoms with Crippen LogP contribution < -0.4 is 14.9 Å². The van der Waals surface area contributed by atoms with Crippen LogP contribution in [0.25, 0.3) is 0 Å². The quantitative estimate of drug-likeness (QED) is 0.593. The second kappa shape index (κ2) is 10.4. The Morgan fingerprint density at radius 1 is 1.16 bits per heavy atom. The van der Waals surface area contributed by atoms with Crippen molar-refractivity contribution in [1.82, 2.24) is 10.2 Å². The second-order valence-corrected chi connectivity index (χ2v) is 10.1. The second-order valence-electron chi connectivity index (χ2n) is 8.22. The minimum atomic E-state index is -3.40. The molecule has 0 bridgehead atoms. The number of likely N-dealkylation sites (tertiary alicyclic amines) is 1. The minimum Gasteiger partial charge on any atom is -0.383 e. The molecular weight excluding hydrogens is 420 g/mol. The Hall–Kier alpha value is -2.17. The van der Waals surface area contributed by atoms with Crippen molar-refractivity contribution < 1.29 is 22.7 Å². The Kier molecular flexibility index (Phi) is 7.90. The number of aryl methyl sites for hydroxylation is 1. The lowest BCUT2D eigenvalue weighted by Crippen LogP contribution is -2.42. The number of anilines is 2. The maximum atomic E-state index is 12.3. The van der Waals surface area contributed by atoms with Crippen LogP contribution in [0.5, 0.6) is 0 Å². The Bertz CT molecular complexity index is 897. The van der Waals surface area contributed by atoms with Crippen LogP contribution in [0.2, 0.25) is 0 Å². The SMILES string of the molecule is COCCN1CCC(CNC(=O)C(=O)Nc2ccc3c(c2)N(S(C)(=O)=O)CCC3)CC1. The van der Waals surface area contributed by atoms with E-state index in [1.807, 2.05) is 0 Å². The smallest absolute Gasteiger partial charge is 0.313 e. The molecule has 9 nitrogen and oxygen atoms in total. The summed E-state index contributed by atoms with van der Waals surface area (Å²) in [7, 11) is -1.71. The van der Waals surface area contributed by atoms with Gasteiger partial charge in [-0.3, -0.25) is 13.9 Å². The van der Waals surface area contributed by atoms with Crippen molar-refractivity contribution in [3.8, 4) is 0 Å². The van der Waals surface area contributed by atoms with Gasteiger partial charge in [0, 0.05) is 32.4 Å². The minimum absolute atomic E-state index is 0.350. The van der Waals surface area contributed by atoms with Crippen LogP contribution in [-0.2, 0) is 30.8 Å². The number of hydrogen-bond acceptors (Lipinski definition) is 6. The van der Waals surface area contributed by atoms with Crippen LogP contribution in [-0.4, -0.2) is 77.8 Å². The maximum absolute atomic E-state index is 12.3. The first-order chi connectivity index (χ1) is 14.8. The average Bonchev–Trinajstić information content (AvgIpc) is 2.75. The van der Waals surface area contributed by atoms with Crippen LogP contribution in [0.3, 0.4) is 0 Å². The predicted molar refractivity (Wildman–Crippen MR) is 120 cm³/mol. The van der Waals surface area contributed by atoms with E-state index in [4.69, 9.17) is 4.74 Å². The van der Waals surface area contributed by atoms with Gasteiger partial charge in [0.05, 0.1) is 18.6 Å². The van der Waals surface area contributed by atoms with Crippen LogP contribution in [0.4, 0.5) is 11.4 Å². The Morgan fingerprint density at radius 2 is 1.90 bits per heavy atom. The number of nitrogens with zero attached hydrogens (tertiary/aromatic N) is 2. The van der Waals surface area contributed by atoms with Crippen molar-refractivity contribution in [1.29, 1.82) is 0 Å². The number of carbonyl (C=O) groups excluding carboxylic acids is 2. The number of methoxy groups -OCH3 is 1. The maximum Gasteiger partial charge on any atom is 0.313 e. The largest absolute Gasteiger partial charge is 0.383 e. The third-order valence-electron chi connectivity index (χ3n) is 5.90. The van der Waals surface area contributed by atoms with Crippen molar-refractivity contribution in [2.24, 2.45) is 5.92 Å². The first-order valence-corrected chi connectivity index (χ1v) is 12.5. The number of hydrogen-bond donors (Lipinski definition) is 2. The van der Waals surface area contributed by atoms with Gasteiger partial charge in [-0.05, 0) is 62.4 Å². The molecular formula is C21H32N4O5S. The predicted octanol–water partition coefficient (Wildman–Crippen LogP) is 0.812. The molecule has 3 rings (SSSR count). The molecule has 0 unspecified atom stereocenters. The van der Waals surface area contributed by atoms with Gasteiger partial charge in [-0.15, -0.1) is 0 Å². The summed E-state index contributed by atoms with van der Waals surface area (Å²) in [6.07, 6.45) is 4.64. The molecule has 0 aliphatic carbocycles. The molecule has 10 heteroatoms. The number of benzene rings is 1. The fourth-order valence-electron chi connectivity index (χ4n) is 4.10. The summed E-state index contributed by atoms with van der Waals surface area (Å²) in [5.74, 6) is -1.08. The van der Waals surface area contributed by atoms with Crippen LogP contribution in [0.1, 0.15) is 24.8 Å². The van der Waals surface area contributed by atoms with Gasteiger partial charge in [-0.2, -0.15) is 0 Å². The molecule has 0 atom stereocenters. The Labute approximate surface area is 184 Å². The lowest BCUT2D eigenvalue weighted by atomic mass is 9.97. The first kappa shape index (κ1) is 23.5. The fraction of sp³-hybridized carbons (Fsp3) is 0.619. The average molecular weight is 453 g/mol. The molecule has 0 spiro atoms. The highest BCUT2D eigenvalue weighted by Crippen LogP contribution is 2.31. The lowest BCUT2D eigenvalue weighted by Gasteiger charge is -2.31. The zero-order valence-electron chi connectivity index (χ0n) is 18.2. The van der Waals surface area contributed by atoms with Gasteiger partial charge in [0.15, 0.2) is 0 Å². The number of sulfonamides is 1. The number of carbonyl (C=O) groups is 2. The highest BCUT2D eigenvalue weighted by molar-refractivity contribution is 7.92. The van der Waals surface area contributed by atoms with Crippen molar-refractivity contribution in [2.45, 2.75) is 25.7 Å². The van der Waals surface area contributed by atoms with Gasteiger partial charge in [-0.1, -0.05) is 6.07 Å². The van der Waals surface area contributed by atoms with E-state index in [0.29, 0.717) is 37.0 Å². The van der Waals surface area contributed by atoms with Crippen molar-refractivity contribution in [2.75, 3.05) is 62.3 Å². The van der Waals surface area contributed by atoms with Gasteiger partial charge in [0.25, 0.3) is 0 Å². The van der Waals surface area contributed by atoms with Crippen molar-refractivity contribution in [3.63, 3.8) is 0 Å². The normalized spacial score (nSPS) is 17.8. The molecule has 2 aliphatic heterocycles. The summed E-state index contributed by atoms with van der Waals surface area (Å²) in [6.45, 7) is 4.43. The van der Waals surface area contributed by atoms with Gasteiger partial charge in [0.2, 0.25) is 10.0 Å². The van der Waals surface area contributed by atoms with E-state index in [0.717, 1.165) is 50.9 Å². The van der Waals surface area contributed by atoms with E-state index in [1.54, 1.807) is 25.3 Å². The molecule has 1 saturated heterocycles. The van der Waals surface area contributed by atoms with Crippen LogP contribution >= 0.6 is 0 Å². The molecule has 1 aromatic rings. The fourth-order valence-corrected chi connectivity index (χ4v) is 5.09. The molecule has 2 aliphatic rings. The van der Waals surface area contributed by atoms with E-state index >= 15 is 0 Å². The standard InChI is InChI=1S/C21H32N4O5S/c1-30-13-12-24-10-7-16(8-11-24)15-22-20(26)21(27)23-18-6-5-17-4-3-9-25(19(17)14-18)31(2,28)29/h5-6,14,16H,3-4,7-13,15H2,1-2H3,(H,22,26)(H,23,27). The van der Waals surface area contributed by atoms with Gasteiger partial charge in [0.1, 0.15) is 0 Å². The highest BCUT2D eigenvalue weighted by atomic mass is 32.2. The van der Waals surface area contributed by atoms with E-state index in [-0.39, 0.29) is 0 Å². The monoisotopic (exact) mass is 452 g/mol. The Morgan fingerprint density at radius 3 is 2.58 bits per heavy atom. The van der Waals surface area contributed by atoms with Crippen LogP contribution in [0, 0.1) is 5.92 Å². The number of rotatable bonds is 7. The summed E-state index contributed by atoms with van der Waals surface area (Å²) in [5, 5.41) is 5.31. The number of fused-ring (bicyclic) bond motifs is 1. The summed E-state index contributed by atoms with van der Waals surface area (Å²) in [4.78, 5) is 26.9. The molecule has 2 amide bonds. The Balaban J connectivity index is 1.51. The van der Waals surface area contributed by atoms with Crippen LogP contribution in [0.15, 0.2) is 18.2 Å². The topological polar surface area (TPSA) is 108 Å². The molecule has 1 aromatic carbocycles. The van der Waals surface area contributed by atoms with Gasteiger partial charge >= 0.3 is 11.8 Å². The third-order valence-corrected chi connectivity index (χ3v) is 7.08. The zero-order valence-corrected chi connectivity index (χ0v) is 19.0. The number of amides is 2. The molecule has 0 aromatic heterocycles. The summed E-state index contributed by atoms with van der Waals surface area (Å²) >= 11 is 0. The molecule has 172 valence electrons. The summed E-state index contributed by atoms with van der Waals surface area (Å²) in [6, 6.07) is 5.12. The summed E-state index contributed by atoms with van der Waals surface area (Å²) in [5.41, 5.74) is 1.88. The zero-order chi connectivity index (χ0) is 22.4. The van der Waals surface area contributed by atoms with Crippen molar-refractivity contribution >= 4 is 33.2 Å². The van der Waals surface area contributed by atoms with E-state index in [9.17, 15) is 18.0 Å². The number of piperidine rings is 1. The highest BCUT2D eigenvalue weighted by Gasteiger charge is 2.25. The molecule has 2 heterocycles. The molecule has 31 heavy (non-hydrogen) atoms. The first-order valence-electron chi connectivity index (χ1n) is 10.7. The number of ether oxygens (including phenoxy) is 1. The third kappa shape index (κ3) is 6.41. The molecule has 0 saturated carbocycles. The lowest BCUT2D eigenvalue weighted by molar-refractivity contribution is -0.136. The molecule has 1 fully saturated rings. The summed E-state index contributed by atoms with van der Waals surface area (Å²) < 4.78 is 30.6. The van der Waals surface area contributed by atoms with Crippen molar-refractivity contribution in [3.05, 3.63) is 23.8 Å². The number of nitrogens with one attached hydrogen (secondary N) is 2. The van der Waals surface area contributed by atoms with Gasteiger partial charge in [-0.25, -0.2) is 8.42 Å². The molecule has 0 radical (unpaired) electrons. The van der Waals surface area contributed by atoms with E-state index in [1.165, 1.54) is 10.6 Å². The molecule has 2 N–H and O–H groups in total. The van der Waals surface area contributed by atoms with E-state index in [2.05, 4.69) is 15.5 Å². The van der Waals surface area contributed by atoms with E-state index < -0.39 is 21.8 Å².